The number of hydrogen-bond donors (Lipinski definition) is 1. The van der Waals surface area contributed by atoms with Gasteiger partial charge in [0.2, 0.25) is 0 Å². The molecule has 0 saturated carbocycles. The second kappa shape index (κ2) is 7.57. The summed E-state index contributed by atoms with van der Waals surface area (Å²) in [5.74, 6) is -0.937. The number of rotatable bonds is 7. The van der Waals surface area contributed by atoms with Crippen LogP contribution in [0, 0.1) is 5.82 Å². The van der Waals surface area contributed by atoms with Crippen LogP contribution in [0.2, 0.25) is 0 Å². The Labute approximate surface area is 100 Å². The summed E-state index contributed by atoms with van der Waals surface area (Å²) in [4.78, 5) is 11.5. The van der Waals surface area contributed by atoms with E-state index in [9.17, 15) is 9.18 Å². The number of carbonyl (C=O) groups is 1. The Morgan fingerprint density at radius 3 is 2.88 bits per heavy atom. The van der Waals surface area contributed by atoms with E-state index in [0.29, 0.717) is 19.8 Å². The van der Waals surface area contributed by atoms with Crippen LogP contribution in [0.15, 0.2) is 36.9 Å². The average Bonchev–Trinajstić information content (AvgIpc) is 2.34. The molecule has 17 heavy (non-hydrogen) atoms. The van der Waals surface area contributed by atoms with Crippen LogP contribution in [0.5, 0.6) is 0 Å². The Kier molecular flexibility index (Phi) is 5.96. The largest absolute Gasteiger partial charge is 0.379 e. The van der Waals surface area contributed by atoms with E-state index in [1.807, 2.05) is 0 Å². The quantitative estimate of drug-likeness (QED) is 0.583. The summed E-state index contributed by atoms with van der Waals surface area (Å²) in [6, 6.07) is 5.88. The van der Waals surface area contributed by atoms with Gasteiger partial charge in [0.25, 0.3) is 5.91 Å². The standard InChI is InChI=1S/C13H16FNO2/c1-2-3-9-17-10-8-15-13(16)11-6-4-5-7-12(11)14/h2,4-7H,1,3,8-10H2,(H,15,16). The maximum Gasteiger partial charge on any atom is 0.254 e. The fraction of sp³-hybridized carbons (Fsp3) is 0.308. The maximum absolute atomic E-state index is 13.2. The van der Waals surface area contributed by atoms with E-state index >= 15 is 0 Å². The van der Waals surface area contributed by atoms with Crippen molar-refractivity contribution in [2.24, 2.45) is 0 Å². The van der Waals surface area contributed by atoms with Gasteiger partial charge in [-0.3, -0.25) is 4.79 Å². The van der Waals surface area contributed by atoms with Gasteiger partial charge in [-0.05, 0) is 18.6 Å². The van der Waals surface area contributed by atoms with Gasteiger partial charge in [-0.15, -0.1) is 6.58 Å². The van der Waals surface area contributed by atoms with Crippen molar-refractivity contribution >= 4 is 5.91 Å². The summed E-state index contributed by atoms with van der Waals surface area (Å²) < 4.78 is 18.4. The maximum atomic E-state index is 13.2. The highest BCUT2D eigenvalue weighted by molar-refractivity contribution is 5.94. The summed E-state index contributed by atoms with van der Waals surface area (Å²) >= 11 is 0. The Balaban J connectivity index is 2.26. The molecule has 0 bridgehead atoms. The summed E-state index contributed by atoms with van der Waals surface area (Å²) in [5, 5.41) is 2.59. The predicted octanol–water partition coefficient (Wildman–Crippen LogP) is 2.15. The van der Waals surface area contributed by atoms with Crippen LogP contribution >= 0.6 is 0 Å². The number of hydrogen-bond acceptors (Lipinski definition) is 2. The van der Waals surface area contributed by atoms with Gasteiger partial charge in [0, 0.05) is 6.54 Å². The topological polar surface area (TPSA) is 38.3 Å². The lowest BCUT2D eigenvalue weighted by Crippen LogP contribution is -2.28. The van der Waals surface area contributed by atoms with Gasteiger partial charge in [0.05, 0.1) is 18.8 Å². The monoisotopic (exact) mass is 237 g/mol. The number of benzene rings is 1. The molecule has 0 aliphatic carbocycles. The van der Waals surface area contributed by atoms with Gasteiger partial charge in [0.1, 0.15) is 5.82 Å². The minimum absolute atomic E-state index is 0.0543. The molecule has 1 rings (SSSR count). The van der Waals surface area contributed by atoms with Crippen LogP contribution < -0.4 is 5.32 Å². The second-order valence-corrected chi connectivity index (χ2v) is 3.43. The molecule has 0 saturated heterocycles. The lowest BCUT2D eigenvalue weighted by atomic mass is 10.2. The van der Waals surface area contributed by atoms with Crippen LogP contribution in [0.4, 0.5) is 4.39 Å². The predicted molar refractivity (Wildman–Crippen MR) is 64.4 cm³/mol. The highest BCUT2D eigenvalue weighted by Gasteiger charge is 2.09. The first kappa shape index (κ1) is 13.4. The van der Waals surface area contributed by atoms with Crippen LogP contribution in [0.3, 0.4) is 0 Å². The van der Waals surface area contributed by atoms with E-state index in [-0.39, 0.29) is 5.56 Å². The van der Waals surface area contributed by atoms with Gasteiger partial charge in [-0.25, -0.2) is 4.39 Å². The molecule has 0 unspecified atom stereocenters. The van der Waals surface area contributed by atoms with Crippen molar-refractivity contribution < 1.29 is 13.9 Å². The van der Waals surface area contributed by atoms with Gasteiger partial charge in [-0.1, -0.05) is 18.2 Å². The third kappa shape index (κ3) is 4.78. The number of amides is 1. The Morgan fingerprint density at radius 2 is 2.18 bits per heavy atom. The molecular formula is C13H16FNO2. The first-order valence-corrected chi connectivity index (χ1v) is 5.47. The molecule has 1 N–H and O–H groups in total. The molecule has 0 radical (unpaired) electrons. The van der Waals surface area contributed by atoms with E-state index in [1.54, 1.807) is 18.2 Å². The summed E-state index contributed by atoms with van der Waals surface area (Å²) in [6.45, 7) is 4.92. The molecule has 0 fully saturated rings. The lowest BCUT2D eigenvalue weighted by molar-refractivity contribution is 0.0914. The summed E-state index contributed by atoms with van der Waals surface area (Å²) in [7, 11) is 0. The molecule has 0 spiro atoms. The Morgan fingerprint density at radius 1 is 1.41 bits per heavy atom. The fourth-order valence-electron chi connectivity index (χ4n) is 1.25. The number of ether oxygens (including phenoxy) is 1. The van der Waals surface area contributed by atoms with Crippen LogP contribution in [-0.2, 0) is 4.74 Å². The molecule has 0 aromatic heterocycles. The average molecular weight is 237 g/mol. The normalized spacial score (nSPS) is 9.94. The molecule has 1 amide bonds. The molecular weight excluding hydrogens is 221 g/mol. The number of nitrogens with one attached hydrogen (secondary N) is 1. The fourth-order valence-corrected chi connectivity index (χ4v) is 1.25. The first-order valence-electron chi connectivity index (χ1n) is 5.47. The van der Waals surface area contributed by atoms with Gasteiger partial charge in [-0.2, -0.15) is 0 Å². The minimum atomic E-state index is -0.516. The Bertz CT molecular complexity index is 379. The van der Waals surface area contributed by atoms with Crippen molar-refractivity contribution in [2.75, 3.05) is 19.8 Å². The van der Waals surface area contributed by atoms with Gasteiger partial charge >= 0.3 is 0 Å². The van der Waals surface area contributed by atoms with Crippen molar-refractivity contribution in [3.05, 3.63) is 48.3 Å². The highest BCUT2D eigenvalue weighted by atomic mass is 19.1. The third-order valence-corrected chi connectivity index (χ3v) is 2.12. The zero-order valence-electron chi connectivity index (χ0n) is 9.62. The van der Waals surface area contributed by atoms with Crippen molar-refractivity contribution in [3.8, 4) is 0 Å². The smallest absolute Gasteiger partial charge is 0.254 e. The molecule has 1 aromatic carbocycles. The van der Waals surface area contributed by atoms with Crippen LogP contribution in [-0.4, -0.2) is 25.7 Å². The van der Waals surface area contributed by atoms with Gasteiger partial charge in [0.15, 0.2) is 0 Å². The SMILES string of the molecule is C=CCCOCCNC(=O)c1ccccc1F. The third-order valence-electron chi connectivity index (χ3n) is 2.12. The molecule has 0 heterocycles. The molecule has 92 valence electrons. The molecule has 0 aliphatic heterocycles. The highest BCUT2D eigenvalue weighted by Crippen LogP contribution is 2.05. The van der Waals surface area contributed by atoms with E-state index in [0.717, 1.165) is 6.42 Å². The second-order valence-electron chi connectivity index (χ2n) is 3.43. The van der Waals surface area contributed by atoms with E-state index in [4.69, 9.17) is 4.74 Å². The number of carbonyl (C=O) groups excluding carboxylic acids is 1. The zero-order valence-corrected chi connectivity index (χ0v) is 9.62. The molecule has 0 atom stereocenters. The lowest BCUT2D eigenvalue weighted by Gasteiger charge is -2.06. The van der Waals surface area contributed by atoms with Gasteiger partial charge < -0.3 is 10.1 Å². The van der Waals surface area contributed by atoms with Crippen molar-refractivity contribution in [2.45, 2.75) is 6.42 Å². The zero-order chi connectivity index (χ0) is 12.5. The summed E-state index contributed by atoms with van der Waals surface area (Å²) in [6.07, 6.45) is 2.54. The molecule has 1 aromatic rings. The van der Waals surface area contributed by atoms with E-state index in [2.05, 4.69) is 11.9 Å². The Hall–Kier alpha value is -1.68. The van der Waals surface area contributed by atoms with E-state index in [1.165, 1.54) is 12.1 Å². The van der Waals surface area contributed by atoms with Crippen molar-refractivity contribution in [3.63, 3.8) is 0 Å². The molecule has 4 heteroatoms. The number of halogens is 1. The van der Waals surface area contributed by atoms with Crippen molar-refractivity contribution in [1.29, 1.82) is 0 Å². The molecule has 3 nitrogen and oxygen atoms in total. The van der Waals surface area contributed by atoms with Crippen molar-refractivity contribution in [1.82, 2.24) is 5.32 Å². The first-order chi connectivity index (χ1) is 8.25. The van der Waals surface area contributed by atoms with E-state index < -0.39 is 11.7 Å². The minimum Gasteiger partial charge on any atom is -0.379 e. The molecule has 0 aliphatic rings. The van der Waals surface area contributed by atoms with Crippen LogP contribution in [0.25, 0.3) is 0 Å². The summed E-state index contributed by atoms with van der Waals surface area (Å²) in [5.41, 5.74) is 0.0543. The van der Waals surface area contributed by atoms with Crippen LogP contribution in [0.1, 0.15) is 16.8 Å².